The molecule has 0 radical (unpaired) electrons. The summed E-state index contributed by atoms with van der Waals surface area (Å²) in [5, 5.41) is 0. The summed E-state index contributed by atoms with van der Waals surface area (Å²) in [6.45, 7) is 6.23. The predicted octanol–water partition coefficient (Wildman–Crippen LogP) is 3.00. The lowest BCUT2D eigenvalue weighted by Crippen LogP contribution is -1.92. The van der Waals surface area contributed by atoms with Gasteiger partial charge in [-0.05, 0) is 30.0 Å². The quantitative estimate of drug-likeness (QED) is 0.756. The van der Waals surface area contributed by atoms with Crippen LogP contribution in [0.3, 0.4) is 0 Å². The average molecular weight is 198 g/mol. The van der Waals surface area contributed by atoms with Gasteiger partial charge in [-0.1, -0.05) is 26.0 Å². The lowest BCUT2D eigenvalue weighted by atomic mass is 10.0. The zero-order chi connectivity index (χ0) is 9.84. The van der Waals surface area contributed by atoms with Gasteiger partial charge in [0.25, 0.3) is 0 Å². The minimum absolute atomic E-state index is 0.423. The first-order valence-corrected chi connectivity index (χ1v) is 5.17. The third-order valence-corrected chi connectivity index (χ3v) is 2.26. The molecule has 72 valence electrons. The minimum Gasteiger partial charge on any atom is -0.450 e. The van der Waals surface area contributed by atoms with Crippen LogP contribution in [0, 0.1) is 6.92 Å². The molecule has 0 amide bonds. The minimum atomic E-state index is -0.479. The maximum absolute atomic E-state index is 8.72. The van der Waals surface area contributed by atoms with E-state index in [0.717, 1.165) is 16.9 Å². The third-order valence-electron chi connectivity index (χ3n) is 1.95. The van der Waals surface area contributed by atoms with Crippen LogP contribution in [0.1, 0.15) is 30.9 Å². The SMILES string of the molecule is Cc1ccc(C(C)C)c(OPO)c1. The summed E-state index contributed by atoms with van der Waals surface area (Å²) in [4.78, 5) is 8.72. The number of rotatable bonds is 3. The lowest BCUT2D eigenvalue weighted by Gasteiger charge is -2.12. The summed E-state index contributed by atoms with van der Waals surface area (Å²) < 4.78 is 5.16. The molecular weight excluding hydrogens is 183 g/mol. The molecule has 0 spiro atoms. The zero-order valence-corrected chi connectivity index (χ0v) is 9.16. The fraction of sp³-hybridized carbons (Fsp3) is 0.400. The van der Waals surface area contributed by atoms with Crippen LogP contribution in [0.15, 0.2) is 18.2 Å². The number of benzene rings is 1. The summed E-state index contributed by atoms with van der Waals surface area (Å²) in [6, 6.07) is 6.07. The number of aryl methyl sites for hydroxylation is 1. The van der Waals surface area contributed by atoms with Crippen molar-refractivity contribution in [3.05, 3.63) is 29.3 Å². The number of hydrogen-bond donors (Lipinski definition) is 1. The highest BCUT2D eigenvalue weighted by Crippen LogP contribution is 2.30. The van der Waals surface area contributed by atoms with Crippen LogP contribution < -0.4 is 4.52 Å². The van der Waals surface area contributed by atoms with E-state index in [2.05, 4.69) is 26.0 Å². The van der Waals surface area contributed by atoms with Crippen molar-refractivity contribution < 1.29 is 9.42 Å². The first-order valence-electron chi connectivity index (χ1n) is 4.31. The molecule has 1 atom stereocenters. The largest absolute Gasteiger partial charge is 0.450 e. The van der Waals surface area contributed by atoms with Crippen LogP contribution in [-0.2, 0) is 0 Å². The van der Waals surface area contributed by atoms with Crippen molar-refractivity contribution >= 4 is 9.03 Å². The van der Waals surface area contributed by atoms with E-state index >= 15 is 0 Å². The molecule has 0 aliphatic heterocycles. The lowest BCUT2D eigenvalue weighted by molar-refractivity contribution is 0.507. The second-order valence-corrected chi connectivity index (χ2v) is 3.78. The van der Waals surface area contributed by atoms with E-state index in [4.69, 9.17) is 9.42 Å². The van der Waals surface area contributed by atoms with Crippen molar-refractivity contribution in [2.45, 2.75) is 26.7 Å². The van der Waals surface area contributed by atoms with Gasteiger partial charge in [0.2, 0.25) is 9.03 Å². The second kappa shape index (κ2) is 4.59. The fourth-order valence-corrected chi connectivity index (χ4v) is 1.53. The predicted molar refractivity (Wildman–Crippen MR) is 56.4 cm³/mol. The van der Waals surface area contributed by atoms with E-state index < -0.39 is 9.03 Å². The van der Waals surface area contributed by atoms with E-state index in [9.17, 15) is 0 Å². The van der Waals surface area contributed by atoms with Gasteiger partial charge in [-0.25, -0.2) is 0 Å². The van der Waals surface area contributed by atoms with Crippen molar-refractivity contribution in [2.24, 2.45) is 0 Å². The molecule has 1 unspecified atom stereocenters. The maximum atomic E-state index is 8.72. The first-order chi connectivity index (χ1) is 6.15. The standard InChI is InChI=1S/C10H15O2P/c1-7(2)9-5-4-8(3)6-10(9)12-13-11/h4-7,11,13H,1-3H3. The Morgan fingerprint density at radius 2 is 2.08 bits per heavy atom. The fourth-order valence-electron chi connectivity index (χ4n) is 1.26. The Kier molecular flexibility index (Phi) is 3.71. The van der Waals surface area contributed by atoms with Gasteiger partial charge in [0, 0.05) is 0 Å². The van der Waals surface area contributed by atoms with Crippen LogP contribution >= 0.6 is 9.03 Å². The Morgan fingerprint density at radius 3 is 2.62 bits per heavy atom. The van der Waals surface area contributed by atoms with Crippen LogP contribution in [0.25, 0.3) is 0 Å². The highest BCUT2D eigenvalue weighted by atomic mass is 31.1. The number of hydrogen-bond acceptors (Lipinski definition) is 2. The molecule has 3 heteroatoms. The average Bonchev–Trinajstić information content (AvgIpc) is 2.04. The van der Waals surface area contributed by atoms with Crippen LogP contribution in [0.4, 0.5) is 0 Å². The van der Waals surface area contributed by atoms with Crippen molar-refractivity contribution in [2.75, 3.05) is 0 Å². The third kappa shape index (κ3) is 2.68. The molecule has 0 heterocycles. The molecule has 13 heavy (non-hydrogen) atoms. The molecule has 0 fully saturated rings. The van der Waals surface area contributed by atoms with Gasteiger partial charge < -0.3 is 9.42 Å². The van der Waals surface area contributed by atoms with Crippen LogP contribution in [0.5, 0.6) is 5.75 Å². The Labute approximate surface area is 80.9 Å². The van der Waals surface area contributed by atoms with E-state index in [0.29, 0.717) is 5.92 Å². The van der Waals surface area contributed by atoms with Crippen molar-refractivity contribution in [1.82, 2.24) is 0 Å². The topological polar surface area (TPSA) is 29.5 Å². The van der Waals surface area contributed by atoms with Gasteiger partial charge in [-0.15, -0.1) is 0 Å². The van der Waals surface area contributed by atoms with Gasteiger partial charge >= 0.3 is 0 Å². The molecule has 0 saturated heterocycles. The van der Waals surface area contributed by atoms with E-state index in [-0.39, 0.29) is 0 Å². The van der Waals surface area contributed by atoms with E-state index in [1.807, 2.05) is 13.0 Å². The zero-order valence-electron chi connectivity index (χ0n) is 8.16. The summed E-state index contributed by atoms with van der Waals surface area (Å²) in [5.74, 6) is 1.22. The highest BCUT2D eigenvalue weighted by Gasteiger charge is 2.07. The smallest absolute Gasteiger partial charge is 0.212 e. The molecule has 1 aromatic rings. The molecule has 1 N–H and O–H groups in total. The van der Waals surface area contributed by atoms with Gasteiger partial charge in [-0.3, -0.25) is 0 Å². The van der Waals surface area contributed by atoms with Crippen LogP contribution in [-0.4, -0.2) is 4.89 Å². The van der Waals surface area contributed by atoms with Crippen molar-refractivity contribution in [3.8, 4) is 5.75 Å². The molecule has 0 bridgehead atoms. The molecule has 0 aromatic heterocycles. The monoisotopic (exact) mass is 198 g/mol. The molecule has 2 nitrogen and oxygen atoms in total. The summed E-state index contributed by atoms with van der Waals surface area (Å²) in [6.07, 6.45) is 0. The Hall–Kier alpha value is -0.590. The van der Waals surface area contributed by atoms with Crippen LogP contribution in [0.2, 0.25) is 0 Å². The molecule has 0 aliphatic rings. The molecule has 1 rings (SSSR count). The molecule has 0 saturated carbocycles. The maximum Gasteiger partial charge on any atom is 0.212 e. The van der Waals surface area contributed by atoms with Gasteiger partial charge in [0.05, 0.1) is 0 Å². The van der Waals surface area contributed by atoms with Gasteiger partial charge in [0.15, 0.2) is 0 Å². The van der Waals surface area contributed by atoms with E-state index in [1.54, 1.807) is 0 Å². The van der Waals surface area contributed by atoms with E-state index in [1.165, 1.54) is 0 Å². The highest BCUT2D eigenvalue weighted by molar-refractivity contribution is 7.25. The normalized spacial score (nSPS) is 11.5. The Morgan fingerprint density at radius 1 is 1.38 bits per heavy atom. The van der Waals surface area contributed by atoms with Gasteiger partial charge in [-0.2, -0.15) is 0 Å². The summed E-state index contributed by atoms with van der Waals surface area (Å²) >= 11 is 0. The summed E-state index contributed by atoms with van der Waals surface area (Å²) in [7, 11) is -0.479. The van der Waals surface area contributed by atoms with Crippen molar-refractivity contribution in [3.63, 3.8) is 0 Å². The molecule has 1 aromatic carbocycles. The first kappa shape index (κ1) is 10.5. The second-order valence-electron chi connectivity index (χ2n) is 3.39. The molecular formula is C10H15O2P. The Bertz CT molecular complexity index is 284. The molecule has 0 aliphatic carbocycles. The van der Waals surface area contributed by atoms with Crippen molar-refractivity contribution in [1.29, 1.82) is 0 Å². The Balaban J connectivity index is 3.03. The summed E-state index contributed by atoms with van der Waals surface area (Å²) in [5.41, 5.74) is 2.30. The van der Waals surface area contributed by atoms with Gasteiger partial charge in [0.1, 0.15) is 5.75 Å².